The molecule has 0 unspecified atom stereocenters. The van der Waals surface area contributed by atoms with E-state index < -0.39 is 11.9 Å². The van der Waals surface area contributed by atoms with E-state index in [1.54, 1.807) is 11.8 Å². The van der Waals surface area contributed by atoms with Gasteiger partial charge in [-0.3, -0.25) is 9.59 Å². The first-order valence-corrected chi connectivity index (χ1v) is 11.2. The molecule has 1 aliphatic carbocycles. The number of hydrogen-bond acceptors (Lipinski definition) is 5. The standard InChI is InChI=1S/C20H38N4O4S/c1-6-12(7-2)16(23-11(3)26)15-14(24-19(21)22)10-13(18(27)28)17(15)29-20(4,5)8-9-25/h12-17,25H,6-10H2,1-5H3,(H,23,26)(H,27,28)(H4,21,22,24)/t13-,14+,15+,16+,17+/m0/s1. The summed E-state index contributed by atoms with van der Waals surface area (Å²) in [5.41, 5.74) is 11.3. The lowest BCUT2D eigenvalue weighted by Crippen LogP contribution is -2.50. The van der Waals surface area contributed by atoms with Gasteiger partial charge in [0.25, 0.3) is 0 Å². The molecule has 168 valence electrons. The summed E-state index contributed by atoms with van der Waals surface area (Å²) in [6.07, 6.45) is 2.56. The summed E-state index contributed by atoms with van der Waals surface area (Å²) in [6.45, 7) is 9.64. The van der Waals surface area contributed by atoms with Crippen molar-refractivity contribution >= 4 is 29.6 Å². The summed E-state index contributed by atoms with van der Waals surface area (Å²) in [6, 6.07) is -0.622. The molecule has 0 spiro atoms. The van der Waals surface area contributed by atoms with Crippen molar-refractivity contribution in [3.05, 3.63) is 0 Å². The van der Waals surface area contributed by atoms with Gasteiger partial charge in [0, 0.05) is 35.5 Å². The molecule has 0 saturated heterocycles. The predicted molar refractivity (Wildman–Crippen MR) is 118 cm³/mol. The number of rotatable bonds is 11. The topological polar surface area (TPSA) is 151 Å². The maximum absolute atomic E-state index is 12.1. The van der Waals surface area contributed by atoms with Crippen molar-refractivity contribution in [2.45, 2.75) is 82.4 Å². The van der Waals surface area contributed by atoms with Gasteiger partial charge in [0.2, 0.25) is 5.91 Å². The van der Waals surface area contributed by atoms with Crippen molar-refractivity contribution in [1.29, 1.82) is 0 Å². The molecule has 1 rings (SSSR count). The Morgan fingerprint density at radius 3 is 2.28 bits per heavy atom. The number of carboxylic acid groups (broad SMARTS) is 1. The molecule has 0 radical (unpaired) electrons. The zero-order valence-electron chi connectivity index (χ0n) is 18.2. The van der Waals surface area contributed by atoms with Crippen LogP contribution in [-0.4, -0.2) is 56.7 Å². The van der Waals surface area contributed by atoms with Crippen LogP contribution in [0.3, 0.4) is 0 Å². The van der Waals surface area contributed by atoms with E-state index in [1.807, 2.05) is 13.8 Å². The van der Waals surface area contributed by atoms with E-state index >= 15 is 0 Å². The van der Waals surface area contributed by atoms with Crippen LogP contribution in [0.4, 0.5) is 0 Å². The zero-order chi connectivity index (χ0) is 22.4. The highest BCUT2D eigenvalue weighted by atomic mass is 32.2. The molecule has 1 aliphatic rings. The highest BCUT2D eigenvalue weighted by Crippen LogP contribution is 2.49. The third kappa shape index (κ3) is 7.06. The van der Waals surface area contributed by atoms with Gasteiger partial charge in [-0.25, -0.2) is 4.99 Å². The van der Waals surface area contributed by atoms with Crippen LogP contribution >= 0.6 is 11.8 Å². The first-order valence-electron chi connectivity index (χ1n) is 10.3. The maximum atomic E-state index is 12.1. The Labute approximate surface area is 178 Å². The number of nitrogens with one attached hydrogen (secondary N) is 1. The number of carbonyl (C=O) groups is 2. The highest BCUT2D eigenvalue weighted by molar-refractivity contribution is 8.01. The average molecular weight is 431 g/mol. The lowest BCUT2D eigenvalue weighted by molar-refractivity contribution is -0.141. The fourth-order valence-electron chi connectivity index (χ4n) is 4.47. The lowest BCUT2D eigenvalue weighted by atomic mass is 9.81. The summed E-state index contributed by atoms with van der Waals surface area (Å²) < 4.78 is -0.326. The minimum absolute atomic E-state index is 0.0219. The molecule has 8 nitrogen and oxygen atoms in total. The lowest BCUT2D eigenvalue weighted by Gasteiger charge is -2.39. The minimum atomic E-state index is -0.883. The Morgan fingerprint density at radius 2 is 1.86 bits per heavy atom. The van der Waals surface area contributed by atoms with Gasteiger partial charge in [0.05, 0.1) is 12.0 Å². The number of amides is 1. The first-order chi connectivity index (χ1) is 13.5. The van der Waals surface area contributed by atoms with Crippen LogP contribution in [0, 0.1) is 17.8 Å². The maximum Gasteiger partial charge on any atom is 0.307 e. The van der Waals surface area contributed by atoms with Crippen LogP contribution in [0.25, 0.3) is 0 Å². The van der Waals surface area contributed by atoms with Gasteiger partial charge in [-0.15, -0.1) is 0 Å². The molecular formula is C20H38N4O4S. The molecule has 0 aromatic carbocycles. The fourth-order valence-corrected chi connectivity index (χ4v) is 6.32. The summed E-state index contributed by atoms with van der Waals surface area (Å²) in [5, 5.41) is 22.2. The Kier molecular flexibility index (Phi) is 9.75. The molecule has 0 aromatic heterocycles. The molecule has 9 heteroatoms. The highest BCUT2D eigenvalue weighted by Gasteiger charge is 2.53. The normalized spacial score (nSPS) is 25.6. The van der Waals surface area contributed by atoms with E-state index in [4.69, 9.17) is 11.5 Å². The van der Waals surface area contributed by atoms with Gasteiger partial charge in [-0.1, -0.05) is 40.5 Å². The van der Waals surface area contributed by atoms with Gasteiger partial charge in [-0.2, -0.15) is 11.8 Å². The number of nitrogens with zero attached hydrogens (tertiary/aromatic N) is 1. The van der Waals surface area contributed by atoms with Crippen LogP contribution < -0.4 is 16.8 Å². The third-order valence-corrected chi connectivity index (χ3v) is 7.62. The van der Waals surface area contributed by atoms with Crippen molar-refractivity contribution in [1.82, 2.24) is 5.32 Å². The van der Waals surface area contributed by atoms with Crippen LogP contribution in [0.5, 0.6) is 0 Å². The molecule has 1 amide bonds. The van der Waals surface area contributed by atoms with Crippen LogP contribution in [0.15, 0.2) is 4.99 Å². The predicted octanol–water partition coefficient (Wildman–Crippen LogP) is 1.55. The Balaban J connectivity index is 3.49. The molecular weight excluding hydrogens is 392 g/mol. The summed E-state index contributed by atoms with van der Waals surface area (Å²) >= 11 is 1.56. The van der Waals surface area contributed by atoms with Crippen LogP contribution in [-0.2, 0) is 9.59 Å². The second-order valence-corrected chi connectivity index (χ2v) is 10.4. The van der Waals surface area contributed by atoms with E-state index in [9.17, 15) is 19.8 Å². The number of nitrogens with two attached hydrogens (primary N) is 2. The number of thioether (sulfide) groups is 1. The molecule has 7 N–H and O–H groups in total. The molecule has 1 fully saturated rings. The molecule has 0 aromatic rings. The van der Waals surface area contributed by atoms with Gasteiger partial charge in [0.1, 0.15) is 0 Å². The number of aliphatic imine (C=N–C) groups is 1. The van der Waals surface area contributed by atoms with Gasteiger partial charge < -0.3 is 27.0 Å². The Hall–Kier alpha value is -1.48. The Bertz CT molecular complexity index is 591. The molecule has 0 aliphatic heterocycles. The third-order valence-electron chi connectivity index (χ3n) is 5.86. The van der Waals surface area contributed by atoms with E-state index in [0.717, 1.165) is 12.8 Å². The molecule has 1 saturated carbocycles. The number of carbonyl (C=O) groups excluding carboxylic acids is 1. The number of aliphatic hydroxyl groups is 1. The van der Waals surface area contributed by atoms with E-state index in [0.29, 0.717) is 12.8 Å². The number of aliphatic hydroxyl groups excluding tert-OH is 1. The first kappa shape index (κ1) is 25.6. The number of guanidine groups is 1. The minimum Gasteiger partial charge on any atom is -0.481 e. The number of aliphatic carboxylic acids is 1. The fraction of sp³-hybridized carbons (Fsp3) is 0.850. The second kappa shape index (κ2) is 11.1. The zero-order valence-corrected chi connectivity index (χ0v) is 19.0. The largest absolute Gasteiger partial charge is 0.481 e. The van der Waals surface area contributed by atoms with E-state index in [-0.39, 0.29) is 52.4 Å². The van der Waals surface area contributed by atoms with Crippen molar-refractivity contribution in [2.75, 3.05) is 6.61 Å². The summed E-state index contributed by atoms with van der Waals surface area (Å²) in [7, 11) is 0. The monoisotopic (exact) mass is 430 g/mol. The van der Waals surface area contributed by atoms with Gasteiger partial charge in [0.15, 0.2) is 5.96 Å². The molecule has 5 atom stereocenters. The smallest absolute Gasteiger partial charge is 0.307 e. The second-order valence-electron chi connectivity index (χ2n) is 8.50. The SMILES string of the molecule is CCC(CC)[C@@H](NC(C)=O)[C@@H]1[C@H](SC(C)(C)CCO)[C@@H](C(=O)O)C[C@H]1N=C(N)N. The van der Waals surface area contributed by atoms with Gasteiger partial charge in [-0.05, 0) is 18.8 Å². The summed E-state index contributed by atoms with van der Waals surface area (Å²) in [4.78, 5) is 28.5. The summed E-state index contributed by atoms with van der Waals surface area (Å²) in [5.74, 6) is -1.79. The Morgan fingerprint density at radius 1 is 1.28 bits per heavy atom. The van der Waals surface area contributed by atoms with Crippen LogP contribution in [0.1, 0.15) is 60.3 Å². The van der Waals surface area contributed by atoms with Crippen LogP contribution in [0.2, 0.25) is 0 Å². The molecule has 0 bridgehead atoms. The molecule has 0 heterocycles. The van der Waals surface area contributed by atoms with Gasteiger partial charge >= 0.3 is 5.97 Å². The number of hydrogen-bond donors (Lipinski definition) is 5. The number of carboxylic acids is 1. The quantitative estimate of drug-likeness (QED) is 0.246. The van der Waals surface area contributed by atoms with Crippen molar-refractivity contribution < 1.29 is 19.8 Å². The van der Waals surface area contributed by atoms with Crippen molar-refractivity contribution in [2.24, 2.45) is 34.2 Å². The van der Waals surface area contributed by atoms with Crippen molar-refractivity contribution in [3.8, 4) is 0 Å². The molecule has 29 heavy (non-hydrogen) atoms. The van der Waals surface area contributed by atoms with E-state index in [2.05, 4.69) is 24.2 Å². The average Bonchev–Trinajstić information content (AvgIpc) is 2.91. The van der Waals surface area contributed by atoms with Crippen molar-refractivity contribution in [3.63, 3.8) is 0 Å². The van der Waals surface area contributed by atoms with E-state index in [1.165, 1.54) is 6.92 Å².